The molecule has 17 heteroatoms. The summed E-state index contributed by atoms with van der Waals surface area (Å²) >= 11 is 6.73. The van der Waals surface area contributed by atoms with E-state index in [0.29, 0.717) is 58.2 Å². The monoisotopic (exact) mass is 1020 g/mol. The number of aliphatic hydroxyl groups excluding tert-OH is 4. The number of hydrogen-bond donors (Lipinski definition) is 4. The molecule has 20 atom stereocenters. The topological polar surface area (TPSA) is 207 Å². The molecule has 0 aromatic heterocycles. The first-order valence-corrected chi connectivity index (χ1v) is 26.5. The molecule has 71 heavy (non-hydrogen) atoms. The smallest absolute Gasteiger partial charge is 0.308 e. The molecule has 3 spiro atoms. The number of hydrogen-bond acceptors (Lipinski definition) is 16. The van der Waals surface area contributed by atoms with E-state index in [9.17, 15) is 30.0 Å². The fourth-order valence-electron chi connectivity index (χ4n) is 11.6. The van der Waals surface area contributed by atoms with Gasteiger partial charge in [0.2, 0.25) is 5.79 Å². The molecule has 1 aromatic carbocycles. The molecular weight excluding hydrogens is 940 g/mol. The van der Waals surface area contributed by atoms with Crippen molar-refractivity contribution in [2.24, 2.45) is 17.8 Å². The molecule has 6 heterocycles. The van der Waals surface area contributed by atoms with Crippen molar-refractivity contribution in [1.29, 1.82) is 0 Å². The SMILES string of the molecule is C=C[C@@H](C)[C@@H](O)[C@@H](O)[C@@H]1O[C@]2(CC[C@H]1OC)O[C@@H](C[C@H](O)C[C@@H](O)C[C@H]1CCC[C@@H](CC(=O)O[C@@H]3C[C@]4(O[C@@H]3CCOCc3ccccc3)O[C@@]3(CC[C@H]4C)C[C@H](OC)[C@@H](Cl)[C@H](C=C)O3)O1)[C@H](C)CC2=O. The van der Waals surface area contributed by atoms with E-state index in [1.165, 1.54) is 13.2 Å². The number of ether oxygens (including phenoxy) is 10. The standard InChI is InChI=1S/C54H81ClO16/c1-8-32(3)49(60)50(61)51-42(62-6)19-22-53(70-51)46(58)24-33(4)43(69-53)27-37(57)25-36(56)26-38-16-13-17-39(65-38)28-47(59)66-44-30-54(68-41(44)20-23-64-31-35-14-11-10-12-15-35)34(5)18-21-52(71-54)29-45(63-7)48(55)40(9-2)67-52/h8-12,14-15,32-34,36-45,48-51,56-57,60-61H,1-2,13,16-31H2,3-7H3/t32-,33-,34-,36-,37-,38-,39+,40+,41-,42-,43+,44-,45+,48+,49-,50-,51-,52+,53+,54+/m1/s1. The van der Waals surface area contributed by atoms with Gasteiger partial charge in [-0.2, -0.15) is 0 Å². The average Bonchev–Trinajstić information content (AvgIpc) is 3.69. The van der Waals surface area contributed by atoms with Crippen LogP contribution in [0.2, 0.25) is 0 Å². The Morgan fingerprint density at radius 3 is 2.34 bits per heavy atom. The Labute approximate surface area is 424 Å². The number of rotatable bonds is 21. The summed E-state index contributed by atoms with van der Waals surface area (Å²) in [5.41, 5.74) is 1.05. The molecule has 7 rings (SSSR count). The van der Waals surface area contributed by atoms with Crippen LogP contribution in [-0.4, -0.2) is 155 Å². The van der Waals surface area contributed by atoms with Crippen LogP contribution in [0.5, 0.6) is 0 Å². The molecule has 0 bridgehead atoms. The number of benzene rings is 1. The Balaban J connectivity index is 0.928. The Morgan fingerprint density at radius 1 is 0.887 bits per heavy atom. The highest BCUT2D eigenvalue weighted by atomic mass is 35.5. The van der Waals surface area contributed by atoms with Gasteiger partial charge in [-0.3, -0.25) is 9.59 Å². The van der Waals surface area contributed by atoms with Gasteiger partial charge in [0, 0.05) is 77.6 Å². The second-order valence-corrected chi connectivity index (χ2v) is 21.7. The minimum Gasteiger partial charge on any atom is -0.459 e. The zero-order valence-electron chi connectivity index (χ0n) is 42.4. The highest BCUT2D eigenvalue weighted by molar-refractivity contribution is 6.21. The van der Waals surface area contributed by atoms with E-state index < -0.39 is 102 Å². The van der Waals surface area contributed by atoms with E-state index in [1.54, 1.807) is 20.1 Å². The molecule has 0 saturated carbocycles. The molecule has 4 N–H and O–H groups in total. The maximum atomic E-state index is 13.9. The highest BCUT2D eigenvalue weighted by Crippen LogP contribution is 2.53. The molecule has 6 aliphatic rings. The zero-order chi connectivity index (χ0) is 51.1. The predicted octanol–water partition coefficient (Wildman–Crippen LogP) is 6.38. The van der Waals surface area contributed by atoms with E-state index in [2.05, 4.69) is 20.1 Å². The first-order chi connectivity index (χ1) is 33.9. The maximum absolute atomic E-state index is 13.9. The third kappa shape index (κ3) is 13.5. The van der Waals surface area contributed by atoms with E-state index >= 15 is 0 Å². The Morgan fingerprint density at radius 2 is 1.62 bits per heavy atom. The van der Waals surface area contributed by atoms with Gasteiger partial charge in [-0.05, 0) is 56.4 Å². The first-order valence-electron chi connectivity index (χ1n) is 26.0. The third-order valence-corrected chi connectivity index (χ3v) is 16.5. The van der Waals surface area contributed by atoms with Crippen molar-refractivity contribution in [3.8, 4) is 0 Å². The largest absolute Gasteiger partial charge is 0.459 e. The normalized spacial score (nSPS) is 39.7. The van der Waals surface area contributed by atoms with Gasteiger partial charge in [0.1, 0.15) is 24.4 Å². The molecule has 6 fully saturated rings. The second kappa shape index (κ2) is 25.0. The number of carbonyl (C=O) groups is 2. The number of alkyl halides is 1. The van der Waals surface area contributed by atoms with Gasteiger partial charge in [0.25, 0.3) is 0 Å². The summed E-state index contributed by atoms with van der Waals surface area (Å²) in [5, 5.41) is 44.1. The summed E-state index contributed by atoms with van der Waals surface area (Å²) < 4.78 is 63.3. The van der Waals surface area contributed by atoms with E-state index in [0.717, 1.165) is 18.4 Å². The molecular formula is C54H81ClO16. The van der Waals surface area contributed by atoms with Gasteiger partial charge in [-0.1, -0.05) is 63.3 Å². The van der Waals surface area contributed by atoms with Crippen LogP contribution < -0.4 is 0 Å². The van der Waals surface area contributed by atoms with Gasteiger partial charge in [-0.25, -0.2) is 0 Å². The molecule has 6 aliphatic heterocycles. The molecule has 0 radical (unpaired) electrons. The molecule has 0 amide bonds. The van der Waals surface area contributed by atoms with E-state index in [4.69, 9.17) is 59.0 Å². The van der Waals surface area contributed by atoms with Crippen LogP contribution in [0, 0.1) is 17.8 Å². The van der Waals surface area contributed by atoms with Crippen molar-refractivity contribution in [2.45, 2.75) is 226 Å². The number of halogens is 1. The van der Waals surface area contributed by atoms with Crippen LogP contribution in [0.3, 0.4) is 0 Å². The molecule has 0 aliphatic carbocycles. The lowest BCUT2D eigenvalue weighted by Gasteiger charge is -2.53. The van der Waals surface area contributed by atoms with Crippen LogP contribution in [0.1, 0.15) is 123 Å². The highest BCUT2D eigenvalue weighted by Gasteiger charge is 2.61. The minimum atomic E-state index is -1.67. The number of carbonyl (C=O) groups excluding carboxylic acids is 2. The summed E-state index contributed by atoms with van der Waals surface area (Å²) in [4.78, 5) is 27.5. The second-order valence-electron chi connectivity index (χ2n) is 21.2. The van der Waals surface area contributed by atoms with Crippen LogP contribution in [-0.2, 0) is 63.6 Å². The molecule has 6 saturated heterocycles. The van der Waals surface area contributed by atoms with Gasteiger partial charge in [0.15, 0.2) is 17.4 Å². The predicted molar refractivity (Wildman–Crippen MR) is 261 cm³/mol. The van der Waals surface area contributed by atoms with Crippen molar-refractivity contribution < 1.29 is 77.4 Å². The maximum Gasteiger partial charge on any atom is 0.308 e. The van der Waals surface area contributed by atoms with Crippen LogP contribution >= 0.6 is 11.6 Å². The summed E-state index contributed by atoms with van der Waals surface area (Å²) in [6.07, 6.45) is -0.553. The van der Waals surface area contributed by atoms with Gasteiger partial charge in [0.05, 0.1) is 73.3 Å². The molecule has 0 unspecified atom stereocenters. The average molecular weight is 1020 g/mol. The van der Waals surface area contributed by atoms with Crippen molar-refractivity contribution >= 4 is 23.4 Å². The van der Waals surface area contributed by atoms with Crippen molar-refractivity contribution in [1.82, 2.24) is 0 Å². The number of esters is 1. The number of ketones is 1. The zero-order valence-corrected chi connectivity index (χ0v) is 43.1. The molecule has 16 nitrogen and oxygen atoms in total. The lowest BCUT2D eigenvalue weighted by atomic mass is 9.82. The summed E-state index contributed by atoms with van der Waals surface area (Å²) in [7, 11) is 3.12. The fraction of sp³-hybridized carbons (Fsp3) is 0.778. The van der Waals surface area contributed by atoms with Crippen LogP contribution in [0.4, 0.5) is 0 Å². The van der Waals surface area contributed by atoms with E-state index in [-0.39, 0.29) is 68.4 Å². The summed E-state index contributed by atoms with van der Waals surface area (Å²) in [6.45, 7) is 14.1. The van der Waals surface area contributed by atoms with Crippen LogP contribution in [0.15, 0.2) is 55.6 Å². The van der Waals surface area contributed by atoms with Crippen LogP contribution in [0.25, 0.3) is 0 Å². The van der Waals surface area contributed by atoms with Gasteiger partial charge < -0.3 is 67.8 Å². The quantitative estimate of drug-likeness (QED) is 0.0456. The fourth-order valence-corrected chi connectivity index (χ4v) is 12.0. The number of aliphatic hydroxyl groups is 4. The van der Waals surface area contributed by atoms with E-state index in [1.807, 2.05) is 37.3 Å². The Hall–Kier alpha value is -2.39. The molecule has 400 valence electrons. The lowest BCUT2D eigenvalue weighted by Crippen LogP contribution is -2.63. The summed E-state index contributed by atoms with van der Waals surface area (Å²) in [6, 6.07) is 9.91. The van der Waals surface area contributed by atoms with Crippen molar-refractivity contribution in [2.75, 3.05) is 20.8 Å². The number of methoxy groups -OCH3 is 2. The molecule has 1 aromatic rings. The summed E-state index contributed by atoms with van der Waals surface area (Å²) in [5.74, 6) is -5.25. The Kier molecular flexibility index (Phi) is 19.8. The lowest BCUT2D eigenvalue weighted by molar-refractivity contribution is -0.410. The first kappa shape index (κ1) is 56.3. The van der Waals surface area contributed by atoms with Gasteiger partial charge in [-0.15, -0.1) is 24.8 Å². The number of Topliss-reactive ketones (excluding diaryl/α,β-unsaturated/α-hetero) is 1. The third-order valence-electron chi connectivity index (χ3n) is 16.0. The van der Waals surface area contributed by atoms with Crippen molar-refractivity contribution in [3.63, 3.8) is 0 Å². The minimum absolute atomic E-state index is 0.0156. The van der Waals surface area contributed by atoms with Crippen molar-refractivity contribution in [3.05, 3.63) is 61.2 Å². The Bertz CT molecular complexity index is 1890. The van der Waals surface area contributed by atoms with Gasteiger partial charge >= 0.3 is 5.97 Å².